The van der Waals surface area contributed by atoms with E-state index in [1.165, 1.54) is 12.1 Å². The van der Waals surface area contributed by atoms with Crippen LogP contribution in [0.1, 0.15) is 0 Å². The fourth-order valence-electron chi connectivity index (χ4n) is 7.50. The molecule has 3 aromatic heterocycles. The zero-order valence-electron chi connectivity index (χ0n) is 25.8. The smallest absolute Gasteiger partial charge is 0.200 e. The normalized spacial score (nSPS) is 12.1. The number of halogens is 5. The van der Waals surface area contributed by atoms with E-state index in [1.54, 1.807) is 6.07 Å². The van der Waals surface area contributed by atoms with Gasteiger partial charge in [0.1, 0.15) is 11.2 Å². The predicted molar refractivity (Wildman–Crippen MR) is 188 cm³/mol. The Bertz CT molecular complexity index is 2980. The fourth-order valence-corrected chi connectivity index (χ4v) is 7.50. The molecule has 0 fully saturated rings. The number of para-hydroxylation sites is 3. The van der Waals surface area contributed by atoms with Gasteiger partial charge < -0.3 is 13.6 Å². The summed E-state index contributed by atoms with van der Waals surface area (Å²) in [6.45, 7) is 0. The molecule has 0 saturated heterocycles. The van der Waals surface area contributed by atoms with Crippen molar-refractivity contribution in [2.75, 3.05) is 0 Å². The highest BCUT2D eigenvalue weighted by atomic mass is 19.2. The molecular formula is C42H21F5N2O. The van der Waals surface area contributed by atoms with Crippen LogP contribution in [0.25, 0.3) is 88.1 Å². The molecule has 0 unspecified atom stereocenters. The zero-order valence-corrected chi connectivity index (χ0v) is 25.8. The Hall–Kier alpha value is -6.41. The molecular weight excluding hydrogens is 643 g/mol. The first-order chi connectivity index (χ1) is 24.4. The minimum Gasteiger partial charge on any atom is -0.456 e. The molecule has 0 atom stereocenters. The van der Waals surface area contributed by atoms with Crippen LogP contribution in [0.2, 0.25) is 0 Å². The standard InChI is InChI=1S/C42H21F5N2O/c43-38-37(39(44)41(46)42(47)40(38)45)22-13-16-34-28(19-22)27-9-3-6-12-33(27)49(34)24-15-18-36-30(21-24)29-20-23(14-17-35(29)50-36)48-31-10-4-1-7-25(31)26-8-2-5-11-32(26)48/h1-21H. The number of benzene rings is 7. The van der Waals surface area contributed by atoms with Crippen LogP contribution in [-0.4, -0.2) is 9.13 Å². The Morgan fingerprint density at radius 3 is 1.28 bits per heavy atom. The number of fused-ring (bicyclic) bond motifs is 9. The molecule has 240 valence electrons. The van der Waals surface area contributed by atoms with Gasteiger partial charge in [-0.05, 0) is 72.3 Å². The second kappa shape index (κ2) is 10.3. The Balaban J connectivity index is 1.19. The second-order valence-electron chi connectivity index (χ2n) is 12.4. The van der Waals surface area contributed by atoms with Gasteiger partial charge in [0.25, 0.3) is 0 Å². The quantitative estimate of drug-likeness (QED) is 0.105. The molecule has 3 heterocycles. The van der Waals surface area contributed by atoms with E-state index in [-0.39, 0.29) is 5.56 Å². The summed E-state index contributed by atoms with van der Waals surface area (Å²) in [5, 5.41) is 5.49. The van der Waals surface area contributed by atoms with Gasteiger partial charge in [-0.3, -0.25) is 0 Å². The number of furan rings is 1. The average molecular weight is 665 g/mol. The van der Waals surface area contributed by atoms with Crippen LogP contribution < -0.4 is 0 Å². The molecule has 0 bridgehead atoms. The summed E-state index contributed by atoms with van der Waals surface area (Å²) in [5.74, 6) is -9.90. The third-order valence-electron chi connectivity index (χ3n) is 9.70. The van der Waals surface area contributed by atoms with Gasteiger partial charge in [0.15, 0.2) is 23.3 Å². The van der Waals surface area contributed by atoms with Crippen molar-refractivity contribution in [3.05, 3.63) is 156 Å². The van der Waals surface area contributed by atoms with Crippen LogP contribution in [-0.2, 0) is 0 Å². The monoisotopic (exact) mass is 664 g/mol. The van der Waals surface area contributed by atoms with Gasteiger partial charge in [0, 0.05) is 43.7 Å². The summed E-state index contributed by atoms with van der Waals surface area (Å²) in [7, 11) is 0. The highest BCUT2D eigenvalue weighted by Gasteiger charge is 2.27. The lowest BCUT2D eigenvalue weighted by molar-refractivity contribution is 0.381. The maximum Gasteiger partial charge on any atom is 0.200 e. The number of hydrogen-bond acceptors (Lipinski definition) is 1. The molecule has 50 heavy (non-hydrogen) atoms. The minimum absolute atomic E-state index is 0.123. The predicted octanol–water partition coefficient (Wildman–Crippen LogP) is 12.1. The first kappa shape index (κ1) is 28.6. The molecule has 3 nitrogen and oxygen atoms in total. The lowest BCUT2D eigenvalue weighted by Gasteiger charge is -2.10. The first-order valence-electron chi connectivity index (χ1n) is 15.9. The Morgan fingerprint density at radius 2 is 0.780 bits per heavy atom. The summed E-state index contributed by atoms with van der Waals surface area (Å²) >= 11 is 0. The van der Waals surface area contributed by atoms with E-state index in [0.29, 0.717) is 16.5 Å². The van der Waals surface area contributed by atoms with Gasteiger partial charge in [-0.25, -0.2) is 22.0 Å². The van der Waals surface area contributed by atoms with E-state index in [4.69, 9.17) is 4.42 Å². The van der Waals surface area contributed by atoms with E-state index in [1.807, 2.05) is 77.4 Å². The van der Waals surface area contributed by atoms with Crippen LogP contribution in [0.4, 0.5) is 22.0 Å². The zero-order chi connectivity index (χ0) is 33.8. The van der Waals surface area contributed by atoms with Gasteiger partial charge in [-0.1, -0.05) is 60.7 Å². The number of nitrogens with zero attached hydrogens (tertiary/aromatic N) is 2. The summed E-state index contributed by atoms with van der Waals surface area (Å²) < 4.78 is 82.4. The van der Waals surface area contributed by atoms with E-state index in [2.05, 4.69) is 41.0 Å². The van der Waals surface area contributed by atoms with E-state index >= 15 is 0 Å². The Labute approximate surface area is 279 Å². The van der Waals surface area contributed by atoms with Gasteiger partial charge in [-0.2, -0.15) is 0 Å². The van der Waals surface area contributed by atoms with Crippen LogP contribution in [0.5, 0.6) is 0 Å². The fraction of sp³-hybridized carbons (Fsp3) is 0. The summed E-state index contributed by atoms with van der Waals surface area (Å²) in [6, 6.07) is 40.7. The van der Waals surface area contributed by atoms with Crippen molar-refractivity contribution in [3.63, 3.8) is 0 Å². The van der Waals surface area contributed by atoms with Crippen molar-refractivity contribution in [1.29, 1.82) is 0 Å². The van der Waals surface area contributed by atoms with Gasteiger partial charge in [-0.15, -0.1) is 0 Å². The molecule has 0 radical (unpaired) electrons. The molecule has 8 heteroatoms. The molecule has 7 aromatic carbocycles. The molecule has 0 amide bonds. The molecule has 0 aliphatic heterocycles. The molecule has 0 saturated carbocycles. The summed E-state index contributed by atoms with van der Waals surface area (Å²) in [6.07, 6.45) is 0. The highest BCUT2D eigenvalue weighted by molar-refractivity contribution is 6.13. The topological polar surface area (TPSA) is 23.0 Å². The van der Waals surface area contributed by atoms with Crippen molar-refractivity contribution in [2.45, 2.75) is 0 Å². The van der Waals surface area contributed by atoms with Gasteiger partial charge in [0.05, 0.1) is 27.6 Å². The van der Waals surface area contributed by atoms with E-state index in [0.717, 1.165) is 60.4 Å². The lowest BCUT2D eigenvalue weighted by Crippen LogP contribution is -2.04. The van der Waals surface area contributed by atoms with Crippen molar-refractivity contribution in [3.8, 4) is 22.5 Å². The van der Waals surface area contributed by atoms with Gasteiger partial charge in [0.2, 0.25) is 5.82 Å². The van der Waals surface area contributed by atoms with E-state index in [9.17, 15) is 22.0 Å². The largest absolute Gasteiger partial charge is 0.456 e. The average Bonchev–Trinajstić information content (AvgIpc) is 3.80. The second-order valence-corrected chi connectivity index (χ2v) is 12.4. The van der Waals surface area contributed by atoms with E-state index < -0.39 is 34.6 Å². The lowest BCUT2D eigenvalue weighted by atomic mass is 10.0. The van der Waals surface area contributed by atoms with Crippen LogP contribution in [0.3, 0.4) is 0 Å². The summed E-state index contributed by atoms with van der Waals surface area (Å²) in [4.78, 5) is 0. The minimum atomic E-state index is -2.19. The van der Waals surface area contributed by atoms with Crippen LogP contribution in [0, 0.1) is 29.1 Å². The maximum absolute atomic E-state index is 14.9. The maximum atomic E-state index is 14.9. The Kier molecular flexibility index (Phi) is 5.89. The van der Waals surface area contributed by atoms with Crippen molar-refractivity contribution < 1.29 is 26.4 Å². The molecule has 0 spiro atoms. The third-order valence-corrected chi connectivity index (χ3v) is 9.70. The molecule has 0 aliphatic carbocycles. The number of rotatable bonds is 3. The molecule has 0 aliphatic rings. The first-order valence-corrected chi connectivity index (χ1v) is 15.9. The van der Waals surface area contributed by atoms with Gasteiger partial charge >= 0.3 is 0 Å². The Morgan fingerprint density at radius 1 is 0.360 bits per heavy atom. The highest BCUT2D eigenvalue weighted by Crippen LogP contribution is 2.40. The third kappa shape index (κ3) is 3.84. The van der Waals surface area contributed by atoms with Crippen LogP contribution >= 0.6 is 0 Å². The van der Waals surface area contributed by atoms with Crippen molar-refractivity contribution in [1.82, 2.24) is 9.13 Å². The number of aromatic nitrogens is 2. The summed E-state index contributed by atoms with van der Waals surface area (Å²) in [5.41, 5.74) is 5.82. The van der Waals surface area contributed by atoms with Crippen molar-refractivity contribution >= 4 is 65.6 Å². The van der Waals surface area contributed by atoms with Crippen LogP contribution in [0.15, 0.2) is 132 Å². The number of hydrogen-bond donors (Lipinski definition) is 0. The molecule has 0 N–H and O–H groups in total. The molecule has 10 aromatic rings. The molecule has 10 rings (SSSR count). The SMILES string of the molecule is Fc1c(F)c(F)c(-c2ccc3c(c2)c2ccccc2n3-c2ccc3oc4ccc(-n5c6ccccc6c6ccccc65)cc4c3c2)c(F)c1F. The van der Waals surface area contributed by atoms with Crippen molar-refractivity contribution in [2.24, 2.45) is 0 Å².